The van der Waals surface area contributed by atoms with Crippen molar-refractivity contribution in [2.24, 2.45) is 35.0 Å². The van der Waals surface area contributed by atoms with Gasteiger partial charge in [-0.15, -0.1) is 0 Å². The Kier molecular flexibility index (Phi) is 9.68. The molecule has 0 saturated heterocycles. The van der Waals surface area contributed by atoms with Crippen molar-refractivity contribution < 1.29 is 15.3 Å². The van der Waals surface area contributed by atoms with E-state index in [1.54, 1.807) is 5.57 Å². The zero-order valence-electron chi connectivity index (χ0n) is 22.6. The Bertz CT molecular complexity index is 750. The number of allylic oxidation sites excluding steroid dienone is 3. The van der Waals surface area contributed by atoms with E-state index in [-0.39, 0.29) is 6.10 Å². The van der Waals surface area contributed by atoms with Crippen LogP contribution in [-0.4, -0.2) is 33.6 Å². The van der Waals surface area contributed by atoms with Crippen LogP contribution in [-0.2, 0) is 0 Å². The molecule has 0 aromatic carbocycles. The predicted molar refractivity (Wildman–Crippen MR) is 142 cm³/mol. The minimum Gasteiger partial charge on any atom is -0.393 e. The van der Waals surface area contributed by atoms with Gasteiger partial charge in [0.25, 0.3) is 0 Å². The molecule has 3 aliphatic carbocycles. The van der Waals surface area contributed by atoms with E-state index >= 15 is 0 Å². The lowest BCUT2D eigenvalue weighted by molar-refractivity contribution is 0.0353. The van der Waals surface area contributed by atoms with Crippen molar-refractivity contribution in [3.8, 4) is 0 Å². The van der Waals surface area contributed by atoms with Crippen molar-refractivity contribution in [1.82, 2.24) is 0 Å². The topological polar surface area (TPSA) is 60.7 Å². The Labute approximate surface area is 209 Å². The molecule has 3 aliphatic rings. The second kappa shape index (κ2) is 11.9. The van der Waals surface area contributed by atoms with Crippen LogP contribution in [0.3, 0.4) is 0 Å². The molecule has 34 heavy (non-hydrogen) atoms. The second-order valence-corrected chi connectivity index (χ2v) is 12.5. The van der Waals surface area contributed by atoms with E-state index in [1.807, 2.05) is 0 Å². The van der Waals surface area contributed by atoms with Gasteiger partial charge in [0.2, 0.25) is 0 Å². The van der Waals surface area contributed by atoms with Crippen LogP contribution in [0.2, 0.25) is 0 Å². The molecule has 0 heterocycles. The first-order valence-electron chi connectivity index (χ1n) is 14.2. The molecule has 0 amide bonds. The Hall–Kier alpha value is -0.900. The van der Waals surface area contributed by atoms with E-state index in [0.29, 0.717) is 47.8 Å². The van der Waals surface area contributed by atoms with Gasteiger partial charge in [0.05, 0.1) is 18.3 Å². The minimum atomic E-state index is -0.622. The maximum absolute atomic E-state index is 10.7. The highest BCUT2D eigenvalue weighted by molar-refractivity contribution is 5.38. The second-order valence-electron chi connectivity index (χ2n) is 12.5. The van der Waals surface area contributed by atoms with Gasteiger partial charge < -0.3 is 15.3 Å². The lowest BCUT2D eigenvalue weighted by atomic mass is 9.59. The zero-order valence-corrected chi connectivity index (χ0v) is 22.6. The molecule has 3 unspecified atom stereocenters. The van der Waals surface area contributed by atoms with Crippen LogP contribution in [0.1, 0.15) is 105 Å². The van der Waals surface area contributed by atoms with Crippen molar-refractivity contribution in [2.45, 2.75) is 124 Å². The Morgan fingerprint density at radius 1 is 1.15 bits per heavy atom. The van der Waals surface area contributed by atoms with Gasteiger partial charge in [-0.2, -0.15) is 0 Å². The quantitative estimate of drug-likeness (QED) is 0.339. The number of unbranched alkanes of at least 4 members (excludes halogenated alkanes) is 1. The van der Waals surface area contributed by atoms with Gasteiger partial charge >= 0.3 is 0 Å². The molecular weight excluding hydrogens is 420 g/mol. The van der Waals surface area contributed by atoms with E-state index in [9.17, 15) is 15.3 Å². The van der Waals surface area contributed by atoms with Gasteiger partial charge in [-0.3, -0.25) is 0 Å². The monoisotopic (exact) mass is 472 g/mol. The van der Waals surface area contributed by atoms with Gasteiger partial charge in [0.15, 0.2) is 0 Å². The Morgan fingerprint density at radius 2 is 1.88 bits per heavy atom. The lowest BCUT2D eigenvalue weighted by Crippen LogP contribution is -2.38. The van der Waals surface area contributed by atoms with Gasteiger partial charge in [-0.05, 0) is 91.1 Å². The number of hydrogen-bond donors (Lipinski definition) is 3. The molecule has 0 aliphatic heterocycles. The van der Waals surface area contributed by atoms with Gasteiger partial charge in [0, 0.05) is 6.42 Å². The molecule has 3 rings (SSSR count). The molecule has 0 aromatic heterocycles. The first-order chi connectivity index (χ1) is 16.1. The third-order valence-electron chi connectivity index (χ3n) is 9.92. The van der Waals surface area contributed by atoms with Crippen molar-refractivity contribution >= 4 is 0 Å². The number of fused-ring (bicyclic) bond motifs is 1. The van der Waals surface area contributed by atoms with Crippen LogP contribution in [0.4, 0.5) is 0 Å². The summed E-state index contributed by atoms with van der Waals surface area (Å²) < 4.78 is 0. The van der Waals surface area contributed by atoms with E-state index in [2.05, 4.69) is 53.3 Å². The molecule has 194 valence electrons. The highest BCUT2D eigenvalue weighted by Crippen LogP contribution is 2.60. The van der Waals surface area contributed by atoms with E-state index in [4.69, 9.17) is 0 Å². The third kappa shape index (κ3) is 6.08. The van der Waals surface area contributed by atoms with Crippen LogP contribution in [0, 0.1) is 35.0 Å². The van der Waals surface area contributed by atoms with Crippen molar-refractivity contribution in [1.29, 1.82) is 0 Å². The molecule has 0 bridgehead atoms. The summed E-state index contributed by atoms with van der Waals surface area (Å²) in [6, 6.07) is 0. The molecule has 8 atom stereocenters. The summed E-state index contributed by atoms with van der Waals surface area (Å²) in [6.45, 7) is 15.7. The zero-order chi connectivity index (χ0) is 25.0. The van der Waals surface area contributed by atoms with Crippen LogP contribution in [0.15, 0.2) is 35.5 Å². The summed E-state index contributed by atoms with van der Waals surface area (Å²) >= 11 is 0. The van der Waals surface area contributed by atoms with Gasteiger partial charge in [0.1, 0.15) is 0 Å². The lowest BCUT2D eigenvalue weighted by Gasteiger charge is -2.46. The number of rotatable bonds is 9. The summed E-state index contributed by atoms with van der Waals surface area (Å²) in [7, 11) is 0. The van der Waals surface area contributed by atoms with E-state index in [0.717, 1.165) is 24.0 Å². The largest absolute Gasteiger partial charge is 0.393 e. The van der Waals surface area contributed by atoms with E-state index in [1.165, 1.54) is 44.9 Å². The van der Waals surface area contributed by atoms with Gasteiger partial charge in [-0.1, -0.05) is 78.2 Å². The average molecular weight is 473 g/mol. The first-order valence-corrected chi connectivity index (χ1v) is 14.2. The van der Waals surface area contributed by atoms with Crippen molar-refractivity contribution in [3.05, 3.63) is 35.5 Å². The van der Waals surface area contributed by atoms with E-state index < -0.39 is 12.2 Å². The fraction of sp³-hybridized carbons (Fsp3) is 0.806. The minimum absolute atomic E-state index is 0.197. The number of hydrogen-bond acceptors (Lipinski definition) is 3. The summed E-state index contributed by atoms with van der Waals surface area (Å²) in [5, 5.41) is 31.1. The van der Waals surface area contributed by atoms with Crippen LogP contribution >= 0.6 is 0 Å². The van der Waals surface area contributed by atoms with Crippen LogP contribution < -0.4 is 0 Å². The normalized spacial score (nSPS) is 37.3. The van der Waals surface area contributed by atoms with Crippen molar-refractivity contribution in [3.63, 3.8) is 0 Å². The highest BCUT2D eigenvalue weighted by atomic mass is 16.3. The third-order valence-corrected chi connectivity index (χ3v) is 9.92. The maximum Gasteiger partial charge on any atom is 0.0811 e. The Morgan fingerprint density at radius 3 is 2.56 bits per heavy atom. The highest BCUT2D eigenvalue weighted by Gasteiger charge is 2.51. The van der Waals surface area contributed by atoms with Crippen molar-refractivity contribution in [2.75, 3.05) is 0 Å². The first kappa shape index (κ1) is 27.7. The molecule has 0 aromatic rings. The average Bonchev–Trinajstić information content (AvgIpc) is 3.14. The fourth-order valence-corrected chi connectivity index (χ4v) is 7.58. The predicted octanol–water partition coefficient (Wildman–Crippen LogP) is 6.98. The van der Waals surface area contributed by atoms with Crippen LogP contribution in [0.25, 0.3) is 0 Å². The summed E-state index contributed by atoms with van der Waals surface area (Å²) in [6.07, 6.45) is 15.1. The molecular formula is C31H52O3. The van der Waals surface area contributed by atoms with Gasteiger partial charge in [-0.25, -0.2) is 0 Å². The number of aliphatic hydroxyl groups is 3. The molecule has 0 radical (unpaired) electrons. The fourth-order valence-electron chi connectivity index (χ4n) is 7.58. The Balaban J connectivity index is 1.79. The smallest absolute Gasteiger partial charge is 0.0811 e. The summed E-state index contributed by atoms with van der Waals surface area (Å²) in [5.74, 6) is 2.90. The molecule has 0 spiro atoms. The van der Waals surface area contributed by atoms with Crippen LogP contribution in [0.5, 0.6) is 0 Å². The standard InChI is InChI=1S/C31H52O3/c1-7-8-10-24(18-29(33)20(2)3)21(4)27-14-15-28-23(11-9-16-31(27,28)6)12-13-25-17-26(32)19-30(34)22(25)5/h12-13,20-21,24,26-30,32-34H,5,7-11,14-19H2,1-4,6H3/t21-,24?,26-,27-,28?,29?,30+,31-/m1/s1. The number of aliphatic hydroxyl groups excluding tert-OH is 3. The summed E-state index contributed by atoms with van der Waals surface area (Å²) in [4.78, 5) is 0. The molecule has 3 N–H and O–H groups in total. The molecule has 3 nitrogen and oxygen atoms in total. The molecule has 3 heteroatoms. The SMILES string of the molecule is C=C1C(=CC=C2CCC[C@@]3(C)C2CC[C@@H]3[C@H](C)C(CCCC)CC(O)C(C)C)C[C@@H](O)C[C@@H]1O. The molecule has 3 saturated carbocycles. The maximum atomic E-state index is 10.7. The molecule has 3 fully saturated rings. The summed E-state index contributed by atoms with van der Waals surface area (Å²) in [5.41, 5.74) is 3.68.